The largest absolute Gasteiger partial charge is 0.478 e. The number of hydrogen-bond acceptors (Lipinski definition) is 3. The average Bonchev–Trinajstić information content (AvgIpc) is 2.41. The number of aromatic carboxylic acids is 1. The van der Waals surface area contributed by atoms with Crippen LogP contribution in [-0.4, -0.2) is 36.9 Å². The predicted octanol–water partition coefficient (Wildman–Crippen LogP) is 2.52. The van der Waals surface area contributed by atoms with Gasteiger partial charge in [0.1, 0.15) is 0 Å². The van der Waals surface area contributed by atoms with Crippen molar-refractivity contribution >= 4 is 27.6 Å². The summed E-state index contributed by atoms with van der Waals surface area (Å²) in [4.78, 5) is 11.2. The second-order valence-corrected chi connectivity index (χ2v) is 7.19. The Balaban J connectivity index is 2.53. The third-order valence-electron chi connectivity index (χ3n) is 3.49. The summed E-state index contributed by atoms with van der Waals surface area (Å²) in [7, 11) is -3.69. The molecule has 5 nitrogen and oxygen atoms in total. The van der Waals surface area contributed by atoms with Crippen LogP contribution in [0.2, 0.25) is 5.02 Å². The third kappa shape index (κ3) is 2.82. The predicted molar refractivity (Wildman–Crippen MR) is 75.8 cm³/mol. The maximum absolute atomic E-state index is 12.6. The first kappa shape index (κ1) is 15.3. The minimum Gasteiger partial charge on any atom is -0.478 e. The molecule has 1 saturated heterocycles. The molecule has 0 aliphatic carbocycles. The van der Waals surface area contributed by atoms with E-state index >= 15 is 0 Å². The molecule has 2 rings (SSSR count). The van der Waals surface area contributed by atoms with Gasteiger partial charge in [-0.3, -0.25) is 0 Å². The number of sulfonamides is 1. The van der Waals surface area contributed by atoms with Crippen LogP contribution in [0, 0.1) is 6.92 Å². The van der Waals surface area contributed by atoms with Crippen molar-refractivity contribution in [1.29, 1.82) is 0 Å². The number of carboxylic acids is 1. The SMILES string of the molecule is Cc1c(C(=O)O)cc(Cl)cc1S(=O)(=O)N1CCCCC1. The van der Waals surface area contributed by atoms with E-state index in [4.69, 9.17) is 16.7 Å². The molecule has 1 aromatic carbocycles. The summed E-state index contributed by atoms with van der Waals surface area (Å²) in [5.74, 6) is -1.18. The molecule has 0 unspecified atom stereocenters. The zero-order chi connectivity index (χ0) is 14.9. The van der Waals surface area contributed by atoms with Gasteiger partial charge in [0.15, 0.2) is 0 Å². The molecule has 1 N–H and O–H groups in total. The Labute approximate surface area is 123 Å². The monoisotopic (exact) mass is 317 g/mol. The summed E-state index contributed by atoms with van der Waals surface area (Å²) in [6.07, 6.45) is 2.66. The van der Waals surface area contributed by atoms with Crippen LogP contribution in [0.5, 0.6) is 0 Å². The van der Waals surface area contributed by atoms with E-state index in [1.54, 1.807) is 0 Å². The Bertz CT molecular complexity index is 636. The molecule has 0 amide bonds. The third-order valence-corrected chi connectivity index (χ3v) is 5.73. The molecule has 0 atom stereocenters. The van der Waals surface area contributed by atoms with E-state index in [-0.39, 0.29) is 21.0 Å². The summed E-state index contributed by atoms with van der Waals surface area (Å²) >= 11 is 5.86. The van der Waals surface area contributed by atoms with E-state index in [0.29, 0.717) is 13.1 Å². The summed E-state index contributed by atoms with van der Waals surface area (Å²) < 4.78 is 26.6. The van der Waals surface area contributed by atoms with Gasteiger partial charge >= 0.3 is 5.97 Å². The number of benzene rings is 1. The van der Waals surface area contributed by atoms with Crippen LogP contribution in [0.25, 0.3) is 0 Å². The lowest BCUT2D eigenvalue weighted by molar-refractivity contribution is 0.0696. The van der Waals surface area contributed by atoms with Crippen molar-refractivity contribution in [1.82, 2.24) is 4.31 Å². The maximum atomic E-state index is 12.6. The van der Waals surface area contributed by atoms with E-state index in [0.717, 1.165) is 19.3 Å². The second-order valence-electron chi connectivity index (χ2n) is 4.85. The van der Waals surface area contributed by atoms with Gasteiger partial charge in [-0.25, -0.2) is 13.2 Å². The minimum absolute atomic E-state index is 0.00991. The fourth-order valence-corrected chi connectivity index (χ4v) is 4.46. The molecule has 110 valence electrons. The zero-order valence-corrected chi connectivity index (χ0v) is 12.7. The molecule has 0 saturated carbocycles. The lowest BCUT2D eigenvalue weighted by atomic mass is 10.1. The first-order valence-electron chi connectivity index (χ1n) is 6.37. The number of hydrogen-bond donors (Lipinski definition) is 1. The molecular weight excluding hydrogens is 302 g/mol. The van der Waals surface area contributed by atoms with Crippen molar-refractivity contribution in [3.8, 4) is 0 Å². The molecule has 0 radical (unpaired) electrons. The molecule has 0 bridgehead atoms. The molecule has 1 fully saturated rings. The molecule has 0 spiro atoms. The first-order chi connectivity index (χ1) is 9.34. The molecule has 1 aliphatic heterocycles. The van der Waals surface area contributed by atoms with Gasteiger partial charge < -0.3 is 5.11 Å². The summed E-state index contributed by atoms with van der Waals surface area (Å²) in [5.41, 5.74) is 0.153. The summed E-state index contributed by atoms with van der Waals surface area (Å²) in [6.45, 7) is 2.43. The van der Waals surface area contributed by atoms with Gasteiger partial charge in [0, 0.05) is 18.1 Å². The van der Waals surface area contributed by atoms with Gasteiger partial charge in [-0.05, 0) is 37.5 Å². The summed E-state index contributed by atoms with van der Waals surface area (Å²) in [5, 5.41) is 9.24. The molecule has 1 heterocycles. The van der Waals surface area contributed by atoms with E-state index < -0.39 is 16.0 Å². The fraction of sp³-hybridized carbons (Fsp3) is 0.462. The standard InChI is InChI=1S/C13H16ClNO4S/c1-9-11(13(16)17)7-10(14)8-12(9)20(18,19)15-5-3-2-4-6-15/h7-8H,2-6H2,1H3,(H,16,17). The quantitative estimate of drug-likeness (QED) is 0.929. The lowest BCUT2D eigenvalue weighted by Gasteiger charge is -2.26. The smallest absolute Gasteiger partial charge is 0.336 e. The van der Waals surface area contributed by atoms with Gasteiger partial charge in [0.05, 0.1) is 10.5 Å². The van der Waals surface area contributed by atoms with E-state index in [2.05, 4.69) is 0 Å². The molecule has 0 aromatic heterocycles. The van der Waals surface area contributed by atoms with Crippen molar-refractivity contribution in [3.63, 3.8) is 0 Å². The topological polar surface area (TPSA) is 74.7 Å². The number of piperidine rings is 1. The number of carbonyl (C=O) groups is 1. The maximum Gasteiger partial charge on any atom is 0.336 e. The van der Waals surface area contributed by atoms with Gasteiger partial charge in [0.2, 0.25) is 10.0 Å². The second kappa shape index (κ2) is 5.71. The van der Waals surface area contributed by atoms with E-state index in [9.17, 15) is 13.2 Å². The Morgan fingerprint density at radius 3 is 2.40 bits per heavy atom. The van der Waals surface area contributed by atoms with Crippen LogP contribution < -0.4 is 0 Å². The Hall–Kier alpha value is -1.11. The van der Waals surface area contributed by atoms with Crippen LogP contribution >= 0.6 is 11.6 Å². The highest BCUT2D eigenvalue weighted by Gasteiger charge is 2.29. The fourth-order valence-electron chi connectivity index (χ4n) is 2.39. The average molecular weight is 318 g/mol. The van der Waals surface area contributed by atoms with E-state index in [1.165, 1.54) is 23.4 Å². The van der Waals surface area contributed by atoms with Crippen LogP contribution in [0.3, 0.4) is 0 Å². The summed E-state index contributed by atoms with van der Waals surface area (Å²) in [6, 6.07) is 2.60. The molecule has 1 aromatic rings. The van der Waals surface area contributed by atoms with Crippen molar-refractivity contribution in [2.75, 3.05) is 13.1 Å². The van der Waals surface area contributed by atoms with Crippen molar-refractivity contribution in [2.45, 2.75) is 31.1 Å². The normalized spacial score (nSPS) is 17.1. The highest BCUT2D eigenvalue weighted by Crippen LogP contribution is 2.28. The highest BCUT2D eigenvalue weighted by molar-refractivity contribution is 7.89. The zero-order valence-electron chi connectivity index (χ0n) is 11.1. The van der Waals surface area contributed by atoms with E-state index in [1.807, 2.05) is 0 Å². The van der Waals surface area contributed by atoms with Crippen molar-refractivity contribution in [3.05, 3.63) is 28.3 Å². The Morgan fingerprint density at radius 2 is 1.85 bits per heavy atom. The van der Waals surface area contributed by atoms with Gasteiger partial charge in [-0.1, -0.05) is 18.0 Å². The van der Waals surface area contributed by atoms with Crippen LogP contribution in [0.15, 0.2) is 17.0 Å². The van der Waals surface area contributed by atoms with Gasteiger partial charge in [-0.15, -0.1) is 0 Å². The van der Waals surface area contributed by atoms with Crippen molar-refractivity contribution in [2.24, 2.45) is 0 Å². The number of nitrogens with zero attached hydrogens (tertiary/aromatic N) is 1. The molecule has 1 aliphatic rings. The molecule has 20 heavy (non-hydrogen) atoms. The first-order valence-corrected chi connectivity index (χ1v) is 8.19. The molecular formula is C13H16ClNO4S. The highest BCUT2D eigenvalue weighted by atomic mass is 35.5. The number of rotatable bonds is 3. The van der Waals surface area contributed by atoms with Crippen LogP contribution in [-0.2, 0) is 10.0 Å². The van der Waals surface area contributed by atoms with Gasteiger partial charge in [-0.2, -0.15) is 4.31 Å². The Kier molecular flexibility index (Phi) is 4.36. The molecule has 7 heteroatoms. The van der Waals surface area contributed by atoms with Gasteiger partial charge in [0.25, 0.3) is 0 Å². The van der Waals surface area contributed by atoms with Crippen molar-refractivity contribution < 1.29 is 18.3 Å². The van der Waals surface area contributed by atoms with Crippen LogP contribution in [0.1, 0.15) is 35.2 Å². The number of carboxylic acid groups (broad SMARTS) is 1. The Morgan fingerprint density at radius 1 is 1.25 bits per heavy atom. The minimum atomic E-state index is -3.69. The van der Waals surface area contributed by atoms with Crippen LogP contribution in [0.4, 0.5) is 0 Å². The number of halogens is 1. The lowest BCUT2D eigenvalue weighted by Crippen LogP contribution is -2.36.